The third-order valence-corrected chi connectivity index (χ3v) is 7.61. The minimum Gasteiger partial charge on any atom is -0.497 e. The lowest BCUT2D eigenvalue weighted by molar-refractivity contribution is -0.138. The van der Waals surface area contributed by atoms with E-state index in [4.69, 9.17) is 14.0 Å². The van der Waals surface area contributed by atoms with Crippen LogP contribution in [0.1, 0.15) is 36.7 Å². The second kappa shape index (κ2) is 11.3. The third-order valence-electron chi connectivity index (χ3n) is 7.61. The Labute approximate surface area is 256 Å². The number of hydrogen-bond acceptors (Lipinski definition) is 6. The van der Waals surface area contributed by atoms with E-state index < -0.39 is 58.3 Å². The molecular formula is C30H26F6N4O6. The molecule has 5 rings (SSSR count). The lowest BCUT2D eigenvalue weighted by Gasteiger charge is -2.34. The van der Waals surface area contributed by atoms with Crippen molar-refractivity contribution in [3.05, 3.63) is 104 Å². The van der Waals surface area contributed by atoms with Gasteiger partial charge in [-0.2, -0.15) is 30.9 Å². The summed E-state index contributed by atoms with van der Waals surface area (Å²) in [6, 6.07) is 11.1. The van der Waals surface area contributed by atoms with E-state index in [1.54, 1.807) is 18.2 Å². The number of carbonyl (C=O) groups excluding carboxylic acids is 1. The lowest BCUT2D eigenvalue weighted by atomic mass is 9.99. The first-order valence-corrected chi connectivity index (χ1v) is 13.5. The summed E-state index contributed by atoms with van der Waals surface area (Å²) in [5, 5.41) is 0. The van der Waals surface area contributed by atoms with Crippen molar-refractivity contribution in [2.24, 2.45) is 0 Å². The maximum atomic E-state index is 14.1. The first-order valence-electron chi connectivity index (χ1n) is 13.5. The van der Waals surface area contributed by atoms with Crippen LogP contribution >= 0.6 is 0 Å². The molecule has 1 aliphatic rings. The quantitative estimate of drug-likeness (QED) is 0.225. The van der Waals surface area contributed by atoms with Gasteiger partial charge in [0.1, 0.15) is 11.5 Å². The van der Waals surface area contributed by atoms with Crippen molar-refractivity contribution in [1.29, 1.82) is 0 Å². The van der Waals surface area contributed by atoms with Crippen molar-refractivity contribution in [2.75, 3.05) is 19.1 Å². The van der Waals surface area contributed by atoms with E-state index in [9.17, 15) is 40.7 Å². The number of aromatic nitrogens is 2. The second-order valence-corrected chi connectivity index (χ2v) is 10.9. The minimum absolute atomic E-state index is 0.168. The van der Waals surface area contributed by atoms with Crippen LogP contribution in [0.15, 0.2) is 80.8 Å². The minimum atomic E-state index is -4.80. The van der Waals surface area contributed by atoms with Gasteiger partial charge in [-0.3, -0.25) is 4.90 Å². The van der Waals surface area contributed by atoms with Crippen LogP contribution in [0.3, 0.4) is 0 Å². The predicted octanol–water partition coefficient (Wildman–Crippen LogP) is 6.07. The van der Waals surface area contributed by atoms with Gasteiger partial charge in [0.15, 0.2) is 6.17 Å². The van der Waals surface area contributed by atoms with Crippen LogP contribution in [-0.4, -0.2) is 40.0 Å². The zero-order valence-corrected chi connectivity index (χ0v) is 24.6. The van der Waals surface area contributed by atoms with Gasteiger partial charge in [-0.25, -0.2) is 14.4 Å². The molecule has 0 aliphatic carbocycles. The summed E-state index contributed by atoms with van der Waals surface area (Å²) in [5.41, 5.74) is -5.28. The Balaban J connectivity index is 1.69. The molecule has 0 unspecified atom stereocenters. The van der Waals surface area contributed by atoms with Crippen LogP contribution in [0.5, 0.6) is 11.5 Å². The Kier molecular flexibility index (Phi) is 7.95. The number of urea groups is 1. The predicted molar refractivity (Wildman–Crippen MR) is 151 cm³/mol. The molecule has 3 aromatic carbocycles. The summed E-state index contributed by atoms with van der Waals surface area (Å²) in [6.45, 7) is 2.82. The fourth-order valence-electron chi connectivity index (χ4n) is 5.36. The van der Waals surface area contributed by atoms with Gasteiger partial charge in [-0.05, 0) is 67.9 Å². The van der Waals surface area contributed by atoms with E-state index in [1.165, 1.54) is 39.0 Å². The van der Waals surface area contributed by atoms with E-state index in [1.807, 2.05) is 0 Å². The van der Waals surface area contributed by atoms with Crippen LogP contribution in [-0.2, 0) is 18.9 Å². The molecule has 46 heavy (non-hydrogen) atoms. The average Bonchev–Trinajstić information content (AvgIpc) is 3.39. The van der Waals surface area contributed by atoms with Crippen LogP contribution in [0, 0.1) is 0 Å². The zero-order chi connectivity index (χ0) is 33.8. The van der Waals surface area contributed by atoms with Gasteiger partial charge in [-0.15, -0.1) is 4.74 Å². The summed E-state index contributed by atoms with van der Waals surface area (Å²) >= 11 is 0. The molecule has 244 valence electrons. The van der Waals surface area contributed by atoms with Gasteiger partial charge in [0.25, 0.3) is 0 Å². The van der Waals surface area contributed by atoms with Crippen LogP contribution in [0.2, 0.25) is 0 Å². The highest BCUT2D eigenvalue weighted by Crippen LogP contribution is 2.44. The van der Waals surface area contributed by atoms with Crippen LogP contribution in [0.25, 0.3) is 5.69 Å². The van der Waals surface area contributed by atoms with E-state index >= 15 is 0 Å². The number of rotatable bonds is 7. The van der Waals surface area contributed by atoms with Gasteiger partial charge < -0.3 is 18.9 Å². The molecule has 0 saturated carbocycles. The number of carbonyl (C=O) groups is 1. The maximum absolute atomic E-state index is 14.1. The molecule has 2 amide bonds. The molecule has 2 heterocycles. The normalized spacial score (nSPS) is 16.7. The number of benzene rings is 3. The Morgan fingerprint density at radius 3 is 1.83 bits per heavy atom. The molecule has 0 N–H and O–H groups in total. The van der Waals surface area contributed by atoms with Crippen LogP contribution in [0.4, 0.5) is 36.8 Å². The number of ether oxygens (including phenoxy) is 2. The van der Waals surface area contributed by atoms with Crippen molar-refractivity contribution in [3.8, 4) is 17.2 Å². The van der Waals surface area contributed by atoms with Gasteiger partial charge >= 0.3 is 29.8 Å². The summed E-state index contributed by atoms with van der Waals surface area (Å²) < 4.78 is 98.1. The lowest BCUT2D eigenvalue weighted by Crippen LogP contribution is -2.46. The summed E-state index contributed by atoms with van der Waals surface area (Å²) in [7, 11) is 2.83. The smallest absolute Gasteiger partial charge is 0.447 e. The Hall–Kier alpha value is -5.15. The highest BCUT2D eigenvalue weighted by Gasteiger charge is 2.55. The summed E-state index contributed by atoms with van der Waals surface area (Å²) in [6.07, 6.45) is -11.2. The molecule has 10 nitrogen and oxygen atoms in total. The third kappa shape index (κ3) is 5.70. The first kappa shape index (κ1) is 32.2. The standard InChI is InChI=1S/C30H26F6N4O6/c1-28(2)24(40-26(42)39(27(43)46-40)21-10-6-8-19(14-21)30(34,35)36)38(20-9-5-7-18(13-20)29(31,32)33)25(41)37(28)16-17-11-22(44-3)15-23(12-17)45-4/h5-15,24H,16H2,1-4H3/t24-/m1/s1. The molecule has 1 aliphatic heterocycles. The highest BCUT2D eigenvalue weighted by molar-refractivity contribution is 5.95. The molecule has 1 aromatic heterocycles. The summed E-state index contributed by atoms with van der Waals surface area (Å²) in [5.74, 6) is -0.622. The number of methoxy groups -OCH3 is 2. The SMILES string of the molecule is COc1cc(CN2C(=O)N(c3cccc(C(F)(F)F)c3)[C@H](n3oc(=O)n(-c4cccc(C(F)(F)F)c4)c3=O)C2(C)C)cc(OC)c1. The number of nitrogens with zero attached hydrogens (tertiary/aromatic N) is 4. The van der Waals surface area contributed by atoms with Crippen molar-refractivity contribution in [3.63, 3.8) is 0 Å². The molecule has 4 aromatic rings. The first-order chi connectivity index (χ1) is 21.5. The molecule has 1 saturated heterocycles. The van der Waals surface area contributed by atoms with E-state index in [0.717, 1.165) is 35.2 Å². The number of anilines is 1. The average molecular weight is 653 g/mol. The van der Waals surface area contributed by atoms with Crippen molar-refractivity contribution in [2.45, 2.75) is 44.4 Å². The number of halogens is 6. The highest BCUT2D eigenvalue weighted by atomic mass is 19.4. The number of hydrogen-bond donors (Lipinski definition) is 0. The van der Waals surface area contributed by atoms with E-state index in [0.29, 0.717) is 38.5 Å². The van der Waals surface area contributed by atoms with Crippen molar-refractivity contribution >= 4 is 11.7 Å². The Morgan fingerprint density at radius 2 is 1.30 bits per heavy atom. The molecule has 0 radical (unpaired) electrons. The second-order valence-electron chi connectivity index (χ2n) is 10.9. The Bertz CT molecular complexity index is 1890. The fraction of sp³-hybridized carbons (Fsp3) is 0.300. The van der Waals surface area contributed by atoms with Gasteiger partial charge in [0, 0.05) is 18.3 Å². The maximum Gasteiger partial charge on any atom is 0.447 e. The number of amides is 2. The van der Waals surface area contributed by atoms with E-state index in [-0.39, 0.29) is 12.2 Å². The molecule has 0 bridgehead atoms. The largest absolute Gasteiger partial charge is 0.497 e. The molecule has 1 fully saturated rings. The topological polar surface area (TPSA) is 99.1 Å². The van der Waals surface area contributed by atoms with Gasteiger partial charge in [-0.1, -0.05) is 12.1 Å². The molecule has 16 heteroatoms. The van der Waals surface area contributed by atoms with Gasteiger partial charge in [0.2, 0.25) is 0 Å². The van der Waals surface area contributed by atoms with E-state index in [2.05, 4.69) is 0 Å². The van der Waals surface area contributed by atoms with Crippen molar-refractivity contribution in [1.82, 2.24) is 14.2 Å². The number of alkyl halides is 6. The zero-order valence-electron chi connectivity index (χ0n) is 24.6. The monoisotopic (exact) mass is 652 g/mol. The Morgan fingerprint density at radius 1 is 0.783 bits per heavy atom. The van der Waals surface area contributed by atoms with Crippen LogP contribution < -0.4 is 25.8 Å². The molecule has 1 atom stereocenters. The molecular weight excluding hydrogens is 626 g/mol. The fourth-order valence-corrected chi connectivity index (χ4v) is 5.36. The summed E-state index contributed by atoms with van der Waals surface area (Å²) in [4.78, 5) is 43.0. The van der Waals surface area contributed by atoms with Crippen molar-refractivity contribution < 1.29 is 45.1 Å². The van der Waals surface area contributed by atoms with Gasteiger partial charge in [0.05, 0.1) is 36.6 Å². The molecule has 0 spiro atoms.